The summed E-state index contributed by atoms with van der Waals surface area (Å²) in [5, 5.41) is 9.55. The number of para-hydroxylation sites is 4. The molecule has 4 aromatic rings. The quantitative estimate of drug-likeness (QED) is 0.167. The van der Waals surface area contributed by atoms with Gasteiger partial charge in [0.1, 0.15) is 21.7 Å². The van der Waals surface area contributed by atoms with Crippen molar-refractivity contribution < 1.29 is 20.7 Å². The van der Waals surface area contributed by atoms with E-state index < -0.39 is 0 Å². The lowest BCUT2D eigenvalue weighted by molar-refractivity contribution is 0.0850. The number of anilines is 4. The number of aliphatic imine (C=N–C) groups is 2. The molecule has 3 fully saturated rings. The van der Waals surface area contributed by atoms with Crippen molar-refractivity contribution in [1.29, 1.82) is 0 Å². The van der Waals surface area contributed by atoms with E-state index in [-0.39, 0.29) is 16.7 Å². The highest BCUT2D eigenvalue weighted by molar-refractivity contribution is 7.17. The summed E-state index contributed by atoms with van der Waals surface area (Å²) in [6.45, 7) is 16.5. The second-order valence-electron chi connectivity index (χ2n) is 13.5. The molecule has 0 bridgehead atoms. The van der Waals surface area contributed by atoms with E-state index in [1.54, 1.807) is 22.7 Å². The molecule has 12 nitrogen and oxygen atoms in total. The average molecular weight is 735 g/mol. The fourth-order valence-corrected chi connectivity index (χ4v) is 7.94. The van der Waals surface area contributed by atoms with Gasteiger partial charge in [0.05, 0.1) is 33.9 Å². The molecular weight excluding hydrogens is 685 g/mol. The molecule has 274 valence electrons. The molecule has 0 amide bonds. The second kappa shape index (κ2) is 16.2. The molecule has 5 aliphatic heterocycles. The van der Waals surface area contributed by atoms with Crippen molar-refractivity contribution in [2.45, 2.75) is 33.5 Å². The van der Waals surface area contributed by atoms with Crippen LogP contribution in [0.25, 0.3) is 0 Å². The zero-order valence-corrected chi connectivity index (χ0v) is 31.9. The zero-order chi connectivity index (χ0) is 34.1. The van der Waals surface area contributed by atoms with Gasteiger partial charge in [-0.25, -0.2) is 9.98 Å². The fourth-order valence-electron chi connectivity index (χ4n) is 6.10. The minimum atomic E-state index is -0.250. The average Bonchev–Trinajstić information content (AvgIpc) is 3.60. The number of likely N-dealkylation sites (N-methyl/N-ethyl adjacent to an activating group) is 2. The highest BCUT2D eigenvalue weighted by Gasteiger charge is 2.36. The number of hydrogen-bond donors (Lipinski definition) is 2. The van der Waals surface area contributed by atoms with E-state index in [0.29, 0.717) is 0 Å². The van der Waals surface area contributed by atoms with Gasteiger partial charge in [-0.3, -0.25) is 0 Å². The van der Waals surface area contributed by atoms with Gasteiger partial charge in [-0.2, -0.15) is 9.78 Å². The van der Waals surface area contributed by atoms with Gasteiger partial charge in [0.25, 0.3) is 0 Å². The van der Waals surface area contributed by atoms with Gasteiger partial charge in [0.2, 0.25) is 5.79 Å². The van der Waals surface area contributed by atoms with Crippen molar-refractivity contribution in [3.05, 3.63) is 81.5 Å². The van der Waals surface area contributed by atoms with Gasteiger partial charge in [-0.05, 0) is 78.2 Å². The van der Waals surface area contributed by atoms with Gasteiger partial charge in [0.15, 0.2) is 0 Å². The molecule has 0 unspecified atom stereocenters. The lowest BCUT2D eigenvalue weighted by Crippen LogP contribution is -2.47. The predicted octanol–water partition coefficient (Wildman–Crippen LogP) is 5.91. The molecule has 7 heterocycles. The summed E-state index contributed by atoms with van der Waals surface area (Å²) in [4.78, 5) is 31.0. The van der Waals surface area contributed by atoms with Crippen LogP contribution in [0.15, 0.2) is 70.6 Å². The van der Waals surface area contributed by atoms with E-state index in [2.05, 4.69) is 129 Å². The Labute approximate surface area is 308 Å². The van der Waals surface area contributed by atoms with Crippen LogP contribution in [0.5, 0.6) is 0 Å². The normalized spacial score (nSPS) is 18.5. The first-order valence-corrected chi connectivity index (χ1v) is 18.6. The SMILES string of the molecule is CC1(C)OO1.Cc1cc2c(s1)Nc1ccccc1N=C2N1CCN(C)CC1.Cc1cc2c(s1)Nc1ccccc1N=C2N1CCN(C)CC1.O.O. The van der Waals surface area contributed by atoms with E-state index in [1.807, 2.05) is 13.8 Å². The summed E-state index contributed by atoms with van der Waals surface area (Å²) in [7, 11) is 4.37. The Balaban J connectivity index is 0.000000168. The lowest BCUT2D eigenvalue weighted by Gasteiger charge is -2.34. The molecule has 0 saturated carbocycles. The maximum Gasteiger partial charge on any atom is 0.228 e. The minimum absolute atomic E-state index is 0. The third-order valence-electron chi connectivity index (χ3n) is 8.97. The Morgan fingerprint density at radius 2 is 0.961 bits per heavy atom. The molecule has 6 N–H and O–H groups in total. The van der Waals surface area contributed by atoms with Gasteiger partial charge >= 0.3 is 0 Å². The number of nitrogens with zero attached hydrogens (tertiary/aromatic N) is 6. The van der Waals surface area contributed by atoms with Crippen LogP contribution >= 0.6 is 22.7 Å². The molecule has 5 aliphatic rings. The van der Waals surface area contributed by atoms with Crippen molar-refractivity contribution >= 4 is 67.1 Å². The molecule has 9 rings (SSSR count). The number of thiophene rings is 2. The van der Waals surface area contributed by atoms with Crippen LogP contribution in [0.4, 0.5) is 32.8 Å². The van der Waals surface area contributed by atoms with Crippen LogP contribution in [-0.4, -0.2) is 114 Å². The van der Waals surface area contributed by atoms with Crippen molar-refractivity contribution in [3.63, 3.8) is 0 Å². The largest absolute Gasteiger partial charge is 0.412 e. The number of nitrogens with one attached hydrogen (secondary N) is 2. The Bertz CT molecular complexity index is 1720. The van der Waals surface area contributed by atoms with Crippen LogP contribution in [0.2, 0.25) is 0 Å². The topological polar surface area (TPSA) is 150 Å². The van der Waals surface area contributed by atoms with Crippen molar-refractivity contribution in [2.75, 3.05) is 77.1 Å². The summed E-state index contributed by atoms with van der Waals surface area (Å²) >= 11 is 3.61. The van der Waals surface area contributed by atoms with Crippen LogP contribution < -0.4 is 10.6 Å². The summed E-state index contributed by atoms with van der Waals surface area (Å²) in [6, 6.07) is 21.1. The van der Waals surface area contributed by atoms with E-state index in [0.717, 1.165) is 86.8 Å². The number of aryl methyl sites for hydroxylation is 2. The molecule has 0 atom stereocenters. The van der Waals surface area contributed by atoms with Crippen LogP contribution in [-0.2, 0) is 9.78 Å². The Kier molecular flexibility index (Phi) is 12.2. The summed E-state index contributed by atoms with van der Waals surface area (Å²) in [5.74, 6) is 1.98. The maximum atomic E-state index is 5.01. The van der Waals surface area contributed by atoms with E-state index in [4.69, 9.17) is 9.98 Å². The first kappa shape index (κ1) is 38.4. The number of fused-ring (bicyclic) bond motifs is 4. The number of amidine groups is 2. The molecule has 0 aliphatic carbocycles. The lowest BCUT2D eigenvalue weighted by atomic mass is 10.2. The second-order valence-corrected chi connectivity index (χ2v) is 16.0. The molecular formula is C37H50N8O4S2. The van der Waals surface area contributed by atoms with Gasteiger partial charge in [-0.1, -0.05) is 24.3 Å². The standard InChI is InChI=1S/2C17H20N4S.C3H6O2.2H2O/c2*1-12-11-13-16(21-9-7-20(2)8-10-21)18-14-5-3-4-6-15(14)19-17(13)22-12;1-3(2)4-5-3;;/h2*3-6,11,19H,7-10H2,1-2H3;1-2H3;2*1H2. The smallest absolute Gasteiger partial charge is 0.228 e. The van der Waals surface area contributed by atoms with E-state index in [9.17, 15) is 0 Å². The Morgan fingerprint density at radius 3 is 1.31 bits per heavy atom. The molecule has 51 heavy (non-hydrogen) atoms. The molecule has 2 aromatic heterocycles. The van der Waals surface area contributed by atoms with Crippen LogP contribution in [0, 0.1) is 13.8 Å². The molecule has 0 spiro atoms. The zero-order valence-electron chi connectivity index (χ0n) is 30.2. The summed E-state index contributed by atoms with van der Waals surface area (Å²) < 4.78 is 0. The minimum Gasteiger partial charge on any atom is -0.412 e. The van der Waals surface area contributed by atoms with E-state index in [1.165, 1.54) is 30.9 Å². The molecule has 0 radical (unpaired) electrons. The van der Waals surface area contributed by atoms with Crippen molar-refractivity contribution in [3.8, 4) is 0 Å². The summed E-state index contributed by atoms with van der Waals surface area (Å²) in [5.41, 5.74) is 6.71. The highest BCUT2D eigenvalue weighted by atomic mass is 32.1. The maximum absolute atomic E-state index is 5.01. The number of benzene rings is 2. The number of piperazine rings is 2. The fraction of sp³-hybridized carbons (Fsp3) is 0.405. The van der Waals surface area contributed by atoms with Gasteiger partial charge in [-0.15, -0.1) is 22.7 Å². The third-order valence-corrected chi connectivity index (χ3v) is 10.9. The third kappa shape index (κ3) is 9.15. The summed E-state index contributed by atoms with van der Waals surface area (Å²) in [6.07, 6.45) is 0. The highest BCUT2D eigenvalue weighted by Crippen LogP contribution is 2.40. The molecule has 2 aromatic carbocycles. The van der Waals surface area contributed by atoms with E-state index >= 15 is 0 Å². The number of rotatable bonds is 0. The molecule has 3 saturated heterocycles. The van der Waals surface area contributed by atoms with Crippen molar-refractivity contribution in [1.82, 2.24) is 19.6 Å². The van der Waals surface area contributed by atoms with Gasteiger partial charge in [0, 0.05) is 62.1 Å². The molecule has 14 heteroatoms. The number of hydrogen-bond acceptors (Lipinski definition) is 12. The predicted molar refractivity (Wildman–Crippen MR) is 212 cm³/mol. The van der Waals surface area contributed by atoms with Crippen LogP contribution in [0.1, 0.15) is 34.7 Å². The first-order chi connectivity index (χ1) is 23.6. The first-order valence-electron chi connectivity index (χ1n) is 17.0. The van der Waals surface area contributed by atoms with Crippen LogP contribution in [0.3, 0.4) is 0 Å². The van der Waals surface area contributed by atoms with Crippen molar-refractivity contribution in [2.24, 2.45) is 9.98 Å². The Hall–Kier alpha value is -3.86. The monoisotopic (exact) mass is 734 g/mol. The Morgan fingerprint density at radius 1 is 0.608 bits per heavy atom. The van der Waals surface area contributed by atoms with Gasteiger partial charge < -0.3 is 41.2 Å².